The summed E-state index contributed by atoms with van der Waals surface area (Å²) in [5.74, 6) is -0.101. The van der Waals surface area contributed by atoms with Gasteiger partial charge in [0.1, 0.15) is 4.90 Å². The van der Waals surface area contributed by atoms with E-state index < -0.39 is 10.0 Å². The van der Waals surface area contributed by atoms with Crippen molar-refractivity contribution in [2.45, 2.75) is 4.90 Å². The topological polar surface area (TPSA) is 57.7 Å². The normalized spacial score (nSPS) is 16.0. The molecule has 1 aliphatic heterocycles. The highest BCUT2D eigenvalue weighted by Gasteiger charge is 2.31. The second-order valence-electron chi connectivity index (χ2n) is 5.64. The Labute approximate surface area is 160 Å². The monoisotopic (exact) mass is 442 g/mol. The molecule has 0 aromatic heterocycles. The molecule has 1 heterocycles. The van der Waals surface area contributed by atoms with Gasteiger partial charge < -0.3 is 4.90 Å². The lowest BCUT2D eigenvalue weighted by Gasteiger charge is -2.34. The van der Waals surface area contributed by atoms with Gasteiger partial charge >= 0.3 is 0 Å². The van der Waals surface area contributed by atoms with Gasteiger partial charge in [0.2, 0.25) is 10.0 Å². The third-order valence-electron chi connectivity index (χ3n) is 4.05. The third kappa shape index (κ3) is 3.89. The Morgan fingerprint density at radius 2 is 1.68 bits per heavy atom. The molecule has 0 spiro atoms. The first-order valence-electron chi connectivity index (χ1n) is 7.69. The van der Waals surface area contributed by atoms with E-state index in [9.17, 15) is 13.2 Å². The molecule has 0 aliphatic carbocycles. The number of carbonyl (C=O) groups is 1. The lowest BCUT2D eigenvalue weighted by molar-refractivity contribution is 0.0698. The number of sulfonamides is 1. The van der Waals surface area contributed by atoms with E-state index in [1.807, 2.05) is 6.07 Å². The van der Waals surface area contributed by atoms with Crippen LogP contribution in [-0.2, 0) is 10.0 Å². The van der Waals surface area contributed by atoms with Gasteiger partial charge in [-0.15, -0.1) is 0 Å². The summed E-state index contributed by atoms with van der Waals surface area (Å²) in [6.07, 6.45) is 0. The first-order chi connectivity index (χ1) is 11.9. The molecule has 0 atom stereocenters. The molecule has 25 heavy (non-hydrogen) atoms. The van der Waals surface area contributed by atoms with E-state index in [0.29, 0.717) is 18.7 Å². The van der Waals surface area contributed by atoms with Gasteiger partial charge in [0.05, 0.1) is 5.02 Å². The van der Waals surface area contributed by atoms with E-state index in [-0.39, 0.29) is 28.9 Å². The standard InChI is InChI=1S/C17H16BrClN2O3S/c18-14-5-3-4-13(12-14)17(22)20-8-10-21(11-9-20)25(23,24)16-7-2-1-6-15(16)19/h1-7,12H,8-11H2. The Bertz CT molecular complexity index is 896. The van der Waals surface area contributed by atoms with Gasteiger partial charge in [-0.2, -0.15) is 4.31 Å². The second kappa shape index (κ2) is 7.45. The molecule has 2 aromatic rings. The molecule has 2 aromatic carbocycles. The number of hydrogen-bond donors (Lipinski definition) is 0. The molecule has 1 saturated heterocycles. The summed E-state index contributed by atoms with van der Waals surface area (Å²) in [6, 6.07) is 13.6. The second-order valence-corrected chi connectivity index (χ2v) is 8.87. The highest BCUT2D eigenvalue weighted by molar-refractivity contribution is 9.10. The van der Waals surface area contributed by atoms with E-state index in [1.54, 1.807) is 41.3 Å². The number of nitrogens with zero attached hydrogens (tertiary/aromatic N) is 2. The Balaban J connectivity index is 1.72. The van der Waals surface area contributed by atoms with Gasteiger partial charge in [-0.1, -0.05) is 45.7 Å². The maximum Gasteiger partial charge on any atom is 0.253 e. The van der Waals surface area contributed by atoms with Crippen LogP contribution in [0.4, 0.5) is 0 Å². The van der Waals surface area contributed by atoms with Crippen LogP contribution in [0.3, 0.4) is 0 Å². The fourth-order valence-corrected chi connectivity index (χ4v) is 5.04. The van der Waals surface area contributed by atoms with E-state index in [1.165, 1.54) is 10.4 Å². The molecule has 0 N–H and O–H groups in total. The van der Waals surface area contributed by atoms with Crippen molar-refractivity contribution in [3.05, 3.63) is 63.6 Å². The molecule has 5 nitrogen and oxygen atoms in total. The summed E-state index contributed by atoms with van der Waals surface area (Å²) in [5, 5.41) is 0.204. The van der Waals surface area contributed by atoms with Crippen molar-refractivity contribution in [3.63, 3.8) is 0 Å². The van der Waals surface area contributed by atoms with Crippen molar-refractivity contribution in [2.24, 2.45) is 0 Å². The molecule has 1 amide bonds. The van der Waals surface area contributed by atoms with Crippen LogP contribution in [0.15, 0.2) is 57.9 Å². The Morgan fingerprint density at radius 1 is 1.00 bits per heavy atom. The predicted molar refractivity (Wildman–Crippen MR) is 100 cm³/mol. The van der Waals surface area contributed by atoms with Crippen LogP contribution < -0.4 is 0 Å². The van der Waals surface area contributed by atoms with Crippen LogP contribution in [-0.4, -0.2) is 49.7 Å². The summed E-state index contributed by atoms with van der Waals surface area (Å²) in [7, 11) is -3.66. The summed E-state index contributed by atoms with van der Waals surface area (Å²) < 4.78 is 27.7. The maximum absolute atomic E-state index is 12.7. The number of halogens is 2. The van der Waals surface area contributed by atoms with Crippen molar-refractivity contribution >= 4 is 43.5 Å². The van der Waals surface area contributed by atoms with E-state index in [0.717, 1.165) is 4.47 Å². The van der Waals surface area contributed by atoms with Gasteiger partial charge in [-0.3, -0.25) is 4.79 Å². The van der Waals surface area contributed by atoms with Gasteiger partial charge in [0.25, 0.3) is 5.91 Å². The number of rotatable bonds is 3. The lowest BCUT2D eigenvalue weighted by atomic mass is 10.2. The average Bonchev–Trinajstić information content (AvgIpc) is 2.61. The Kier molecular flexibility index (Phi) is 5.48. The highest BCUT2D eigenvalue weighted by atomic mass is 79.9. The molecule has 1 aliphatic rings. The van der Waals surface area contributed by atoms with Crippen LogP contribution >= 0.6 is 27.5 Å². The van der Waals surface area contributed by atoms with Gasteiger partial charge in [-0.25, -0.2) is 8.42 Å². The minimum Gasteiger partial charge on any atom is -0.336 e. The van der Waals surface area contributed by atoms with Crippen LogP contribution in [0.1, 0.15) is 10.4 Å². The largest absolute Gasteiger partial charge is 0.336 e. The molecular weight excluding hydrogens is 428 g/mol. The smallest absolute Gasteiger partial charge is 0.253 e. The summed E-state index contributed by atoms with van der Waals surface area (Å²) in [6.45, 7) is 1.17. The number of piperazine rings is 1. The van der Waals surface area contributed by atoms with Gasteiger partial charge in [0.15, 0.2) is 0 Å². The molecule has 0 bridgehead atoms. The van der Waals surface area contributed by atoms with Crippen LogP contribution in [0.2, 0.25) is 5.02 Å². The van der Waals surface area contributed by atoms with Crippen molar-refractivity contribution in [3.8, 4) is 0 Å². The minimum absolute atomic E-state index is 0.100. The van der Waals surface area contributed by atoms with Crippen molar-refractivity contribution in [1.29, 1.82) is 0 Å². The number of carbonyl (C=O) groups excluding carboxylic acids is 1. The van der Waals surface area contributed by atoms with E-state index in [4.69, 9.17) is 11.6 Å². The van der Waals surface area contributed by atoms with Gasteiger partial charge in [0, 0.05) is 36.2 Å². The zero-order chi connectivity index (χ0) is 18.0. The number of amides is 1. The SMILES string of the molecule is O=C(c1cccc(Br)c1)N1CCN(S(=O)(=O)c2ccccc2Cl)CC1. The van der Waals surface area contributed by atoms with E-state index >= 15 is 0 Å². The predicted octanol–water partition coefficient (Wildman–Crippen LogP) is 3.25. The quantitative estimate of drug-likeness (QED) is 0.732. The maximum atomic E-state index is 12.7. The number of benzene rings is 2. The third-order valence-corrected chi connectivity index (χ3v) is 6.94. The fourth-order valence-electron chi connectivity index (χ4n) is 2.73. The molecule has 0 radical (unpaired) electrons. The van der Waals surface area contributed by atoms with Crippen molar-refractivity contribution in [1.82, 2.24) is 9.21 Å². The molecule has 0 saturated carbocycles. The Morgan fingerprint density at radius 3 is 2.32 bits per heavy atom. The first kappa shape index (κ1) is 18.4. The molecule has 3 rings (SSSR count). The summed E-state index contributed by atoms with van der Waals surface area (Å²) in [5.41, 5.74) is 0.580. The fraction of sp³-hybridized carbons (Fsp3) is 0.235. The highest BCUT2D eigenvalue weighted by Crippen LogP contribution is 2.25. The summed E-state index contributed by atoms with van der Waals surface area (Å²) >= 11 is 9.38. The Hall–Kier alpha value is -1.41. The molecule has 132 valence electrons. The summed E-state index contributed by atoms with van der Waals surface area (Å²) in [4.78, 5) is 14.3. The molecule has 0 unspecified atom stereocenters. The van der Waals surface area contributed by atoms with Crippen LogP contribution in [0, 0.1) is 0 Å². The van der Waals surface area contributed by atoms with Crippen molar-refractivity contribution < 1.29 is 13.2 Å². The lowest BCUT2D eigenvalue weighted by Crippen LogP contribution is -2.50. The number of hydrogen-bond acceptors (Lipinski definition) is 3. The van der Waals surface area contributed by atoms with Crippen molar-refractivity contribution in [2.75, 3.05) is 26.2 Å². The first-order valence-corrected chi connectivity index (χ1v) is 10.3. The minimum atomic E-state index is -3.66. The molecule has 8 heteroatoms. The molecule has 1 fully saturated rings. The zero-order valence-corrected chi connectivity index (χ0v) is 16.4. The zero-order valence-electron chi connectivity index (χ0n) is 13.2. The molecular formula is C17H16BrClN2O3S. The van der Waals surface area contributed by atoms with Gasteiger partial charge in [-0.05, 0) is 30.3 Å². The van der Waals surface area contributed by atoms with Crippen LogP contribution in [0.5, 0.6) is 0 Å². The van der Waals surface area contributed by atoms with Crippen LogP contribution in [0.25, 0.3) is 0 Å². The van der Waals surface area contributed by atoms with E-state index in [2.05, 4.69) is 15.9 Å². The average molecular weight is 444 g/mol.